The summed E-state index contributed by atoms with van der Waals surface area (Å²) in [6.45, 7) is 6.53. The summed E-state index contributed by atoms with van der Waals surface area (Å²) in [5.41, 5.74) is 6.53. The van der Waals surface area contributed by atoms with Gasteiger partial charge < -0.3 is 15.6 Å². The van der Waals surface area contributed by atoms with Crippen LogP contribution in [0, 0.1) is 5.92 Å². The van der Waals surface area contributed by atoms with Crippen molar-refractivity contribution in [3.05, 3.63) is 29.8 Å². The Balaban J connectivity index is 1.83. The maximum atomic E-state index is 11.3. The van der Waals surface area contributed by atoms with Crippen LogP contribution in [-0.2, 0) is 4.79 Å². The Labute approximate surface area is 138 Å². The van der Waals surface area contributed by atoms with Crippen LogP contribution in [-0.4, -0.2) is 48.3 Å². The largest absolute Gasteiger partial charge is 0.491 e. The number of amides is 1. The number of carbonyl (C=O) groups is 1. The lowest BCUT2D eigenvalue weighted by molar-refractivity contribution is -0.123. The molecule has 23 heavy (non-hydrogen) atoms. The number of hydrogen-bond acceptors (Lipinski definition) is 4. The molecule has 0 unspecified atom stereocenters. The molecule has 2 rings (SSSR count). The molecule has 0 aromatic heterocycles. The first-order valence-electron chi connectivity index (χ1n) is 8.38. The second kappa shape index (κ2) is 8.31. The summed E-state index contributed by atoms with van der Waals surface area (Å²) in [5.74, 6) is 0.863. The molecule has 3 N–H and O–H groups in total. The molecule has 0 aliphatic carbocycles. The van der Waals surface area contributed by atoms with Crippen LogP contribution in [0.4, 0.5) is 0 Å². The molecule has 1 saturated heterocycles. The lowest BCUT2D eigenvalue weighted by Gasteiger charge is -2.32. The zero-order chi connectivity index (χ0) is 16.8. The van der Waals surface area contributed by atoms with Crippen LogP contribution in [0.1, 0.15) is 38.2 Å². The van der Waals surface area contributed by atoms with Crippen LogP contribution in [0.5, 0.6) is 5.75 Å². The number of β-amino-alcohol motifs (C(OH)–C–C–N with tert-alkyl or cyclic N) is 1. The second-order valence-corrected chi connectivity index (χ2v) is 6.66. The van der Waals surface area contributed by atoms with Gasteiger partial charge in [-0.05, 0) is 36.9 Å². The number of nitrogens with two attached hydrogens (primary N) is 1. The van der Waals surface area contributed by atoms with Gasteiger partial charge in [0.25, 0.3) is 0 Å². The molecule has 0 radical (unpaired) electrons. The van der Waals surface area contributed by atoms with Gasteiger partial charge in [-0.3, -0.25) is 9.69 Å². The molecule has 0 saturated carbocycles. The van der Waals surface area contributed by atoms with E-state index in [-0.39, 0.29) is 18.4 Å². The Morgan fingerprint density at radius 2 is 2.17 bits per heavy atom. The van der Waals surface area contributed by atoms with Crippen molar-refractivity contribution in [2.45, 2.75) is 38.7 Å². The Morgan fingerprint density at radius 3 is 2.87 bits per heavy atom. The highest BCUT2D eigenvalue weighted by atomic mass is 16.5. The number of likely N-dealkylation sites (tertiary alicyclic amines) is 1. The molecule has 1 amide bonds. The smallest absolute Gasteiger partial charge is 0.221 e. The maximum Gasteiger partial charge on any atom is 0.221 e. The van der Waals surface area contributed by atoms with E-state index in [2.05, 4.69) is 24.8 Å². The number of aliphatic hydroxyl groups is 1. The number of piperidine rings is 1. The third-order valence-electron chi connectivity index (χ3n) is 4.35. The minimum absolute atomic E-state index is 0.0986. The van der Waals surface area contributed by atoms with Crippen molar-refractivity contribution < 1.29 is 14.6 Å². The summed E-state index contributed by atoms with van der Waals surface area (Å²) >= 11 is 0. The first kappa shape index (κ1) is 17.8. The van der Waals surface area contributed by atoms with Gasteiger partial charge in [-0.1, -0.05) is 32.0 Å². The predicted octanol–water partition coefficient (Wildman–Crippen LogP) is 1.75. The number of rotatable bonds is 7. The Bertz CT molecular complexity index is 519. The highest BCUT2D eigenvalue weighted by molar-refractivity contribution is 5.76. The van der Waals surface area contributed by atoms with Crippen molar-refractivity contribution >= 4 is 5.91 Å². The van der Waals surface area contributed by atoms with Gasteiger partial charge in [-0.25, -0.2) is 0 Å². The van der Waals surface area contributed by atoms with Gasteiger partial charge in [0, 0.05) is 13.1 Å². The third kappa shape index (κ3) is 5.22. The molecule has 1 aliphatic rings. The van der Waals surface area contributed by atoms with Gasteiger partial charge in [-0.15, -0.1) is 0 Å². The summed E-state index contributed by atoms with van der Waals surface area (Å²) in [6.07, 6.45) is 1.21. The standard InChI is InChI=1S/C18H28N2O3/c1-13(2)16-7-3-4-8-17(16)23-12-15(21)11-20-9-5-6-14(10-20)18(19)22/h3-4,7-8,13-15,21H,5-6,9-12H2,1-2H3,(H2,19,22)/t14-,15+/m0/s1. The van der Waals surface area contributed by atoms with Crippen LogP contribution in [0.2, 0.25) is 0 Å². The van der Waals surface area contributed by atoms with E-state index in [1.165, 1.54) is 0 Å². The average molecular weight is 320 g/mol. The molecule has 1 heterocycles. The summed E-state index contributed by atoms with van der Waals surface area (Å²) < 4.78 is 5.81. The molecule has 128 valence electrons. The van der Waals surface area contributed by atoms with E-state index in [1.54, 1.807) is 0 Å². The Kier molecular flexibility index (Phi) is 6.42. The van der Waals surface area contributed by atoms with Crippen LogP contribution < -0.4 is 10.5 Å². The number of para-hydroxylation sites is 1. The van der Waals surface area contributed by atoms with Crippen LogP contribution in [0.15, 0.2) is 24.3 Å². The van der Waals surface area contributed by atoms with E-state index in [4.69, 9.17) is 10.5 Å². The van der Waals surface area contributed by atoms with E-state index < -0.39 is 6.10 Å². The van der Waals surface area contributed by atoms with Crippen molar-refractivity contribution in [1.82, 2.24) is 4.90 Å². The predicted molar refractivity (Wildman–Crippen MR) is 90.4 cm³/mol. The number of primary amides is 1. The van der Waals surface area contributed by atoms with E-state index in [0.29, 0.717) is 19.0 Å². The minimum Gasteiger partial charge on any atom is -0.491 e. The summed E-state index contributed by atoms with van der Waals surface area (Å²) in [4.78, 5) is 13.4. The molecule has 0 spiro atoms. The van der Waals surface area contributed by atoms with Gasteiger partial charge in [0.1, 0.15) is 18.5 Å². The lowest BCUT2D eigenvalue weighted by Crippen LogP contribution is -2.45. The summed E-state index contributed by atoms with van der Waals surface area (Å²) in [7, 11) is 0. The van der Waals surface area contributed by atoms with Gasteiger partial charge >= 0.3 is 0 Å². The summed E-state index contributed by atoms with van der Waals surface area (Å²) in [6, 6.07) is 7.92. The lowest BCUT2D eigenvalue weighted by atomic mass is 9.97. The molecule has 5 nitrogen and oxygen atoms in total. The number of ether oxygens (including phenoxy) is 1. The first-order valence-corrected chi connectivity index (χ1v) is 8.38. The quantitative estimate of drug-likeness (QED) is 0.802. The topological polar surface area (TPSA) is 75.8 Å². The summed E-state index contributed by atoms with van der Waals surface area (Å²) in [5, 5.41) is 10.2. The van der Waals surface area contributed by atoms with E-state index in [9.17, 15) is 9.90 Å². The van der Waals surface area contributed by atoms with Crippen molar-refractivity contribution in [2.75, 3.05) is 26.2 Å². The molecule has 1 fully saturated rings. The van der Waals surface area contributed by atoms with Crippen LogP contribution >= 0.6 is 0 Å². The molecular weight excluding hydrogens is 292 g/mol. The van der Waals surface area contributed by atoms with Gasteiger partial charge in [0.05, 0.1) is 5.92 Å². The number of nitrogens with zero attached hydrogens (tertiary/aromatic N) is 1. The van der Waals surface area contributed by atoms with Gasteiger partial charge in [0.15, 0.2) is 0 Å². The molecule has 2 atom stereocenters. The van der Waals surface area contributed by atoms with E-state index in [1.807, 2.05) is 18.2 Å². The van der Waals surface area contributed by atoms with Crippen molar-refractivity contribution in [1.29, 1.82) is 0 Å². The molecular formula is C18H28N2O3. The van der Waals surface area contributed by atoms with Crippen molar-refractivity contribution in [3.8, 4) is 5.75 Å². The van der Waals surface area contributed by atoms with Crippen LogP contribution in [0.25, 0.3) is 0 Å². The van der Waals surface area contributed by atoms with Gasteiger partial charge in [-0.2, -0.15) is 0 Å². The number of carbonyl (C=O) groups excluding carboxylic acids is 1. The van der Waals surface area contributed by atoms with Gasteiger partial charge in [0.2, 0.25) is 5.91 Å². The third-order valence-corrected chi connectivity index (χ3v) is 4.35. The maximum absolute atomic E-state index is 11.3. The molecule has 5 heteroatoms. The van der Waals surface area contributed by atoms with E-state index >= 15 is 0 Å². The fraction of sp³-hybridized carbons (Fsp3) is 0.611. The first-order chi connectivity index (χ1) is 11.0. The highest BCUT2D eigenvalue weighted by Crippen LogP contribution is 2.26. The number of benzene rings is 1. The molecule has 1 aromatic carbocycles. The zero-order valence-corrected chi connectivity index (χ0v) is 14.1. The highest BCUT2D eigenvalue weighted by Gasteiger charge is 2.25. The second-order valence-electron chi connectivity index (χ2n) is 6.66. The fourth-order valence-electron chi connectivity index (χ4n) is 3.08. The molecule has 1 aliphatic heterocycles. The Hall–Kier alpha value is -1.59. The SMILES string of the molecule is CC(C)c1ccccc1OC[C@H](O)CN1CCC[C@H](C(N)=O)C1. The Morgan fingerprint density at radius 1 is 1.43 bits per heavy atom. The van der Waals surface area contributed by atoms with E-state index in [0.717, 1.165) is 30.7 Å². The zero-order valence-electron chi connectivity index (χ0n) is 14.1. The fourth-order valence-corrected chi connectivity index (χ4v) is 3.08. The normalized spacial score (nSPS) is 20.4. The van der Waals surface area contributed by atoms with Crippen molar-refractivity contribution in [3.63, 3.8) is 0 Å². The number of aliphatic hydroxyl groups excluding tert-OH is 1. The van der Waals surface area contributed by atoms with Crippen LogP contribution in [0.3, 0.4) is 0 Å². The molecule has 1 aromatic rings. The minimum atomic E-state index is -0.582. The average Bonchev–Trinajstić information content (AvgIpc) is 2.53. The van der Waals surface area contributed by atoms with Crippen molar-refractivity contribution in [2.24, 2.45) is 11.7 Å². The monoisotopic (exact) mass is 320 g/mol. The number of hydrogen-bond donors (Lipinski definition) is 2. The molecule has 0 bridgehead atoms.